The van der Waals surface area contributed by atoms with Crippen LogP contribution >= 0.6 is 11.6 Å². The van der Waals surface area contributed by atoms with Crippen molar-refractivity contribution in [2.24, 2.45) is 5.92 Å². The molecule has 6 nitrogen and oxygen atoms in total. The van der Waals surface area contributed by atoms with Crippen molar-refractivity contribution in [2.45, 2.75) is 31.9 Å². The van der Waals surface area contributed by atoms with Gasteiger partial charge in [-0.1, -0.05) is 24.9 Å². The first-order valence-corrected chi connectivity index (χ1v) is 9.10. The number of hydrogen-bond acceptors (Lipinski definition) is 5. The van der Waals surface area contributed by atoms with Crippen LogP contribution in [0.3, 0.4) is 0 Å². The Hall–Kier alpha value is -2.31. The molecule has 1 aromatic carbocycles. The Morgan fingerprint density at radius 2 is 1.88 bits per heavy atom. The van der Waals surface area contributed by atoms with Crippen molar-refractivity contribution in [1.29, 1.82) is 0 Å². The van der Waals surface area contributed by atoms with E-state index in [2.05, 4.69) is 0 Å². The fourth-order valence-electron chi connectivity index (χ4n) is 3.57. The molecule has 2 fully saturated rings. The van der Waals surface area contributed by atoms with E-state index in [9.17, 15) is 9.59 Å². The smallest absolute Gasteiger partial charge is 0.262 e. The summed E-state index contributed by atoms with van der Waals surface area (Å²) in [6.45, 7) is 2.45. The van der Waals surface area contributed by atoms with Gasteiger partial charge in [0.1, 0.15) is 17.7 Å². The Kier molecular flexibility index (Phi) is 4.46. The summed E-state index contributed by atoms with van der Waals surface area (Å²) in [6.07, 6.45) is 2.42. The van der Waals surface area contributed by atoms with Crippen LogP contribution in [0.4, 0.5) is 5.69 Å². The maximum atomic E-state index is 13.0. The Morgan fingerprint density at radius 3 is 2.54 bits per heavy atom. The van der Waals surface area contributed by atoms with Crippen LogP contribution in [0.2, 0.25) is 5.02 Å². The molecular formula is C19H19ClN2O4. The lowest BCUT2D eigenvalue weighted by Gasteiger charge is -2.27. The van der Waals surface area contributed by atoms with Crippen molar-refractivity contribution in [1.82, 2.24) is 4.90 Å². The lowest BCUT2D eigenvalue weighted by molar-refractivity contribution is -0.143. The topological polar surface area (TPSA) is 63.0 Å². The summed E-state index contributed by atoms with van der Waals surface area (Å²) < 4.78 is 5.57. The van der Waals surface area contributed by atoms with Crippen molar-refractivity contribution in [3.05, 3.63) is 53.4 Å². The molecular weight excluding hydrogens is 356 g/mol. The van der Waals surface area contributed by atoms with E-state index >= 15 is 0 Å². The van der Waals surface area contributed by atoms with Gasteiger partial charge in [0.15, 0.2) is 6.10 Å². The highest BCUT2D eigenvalue weighted by molar-refractivity contribution is 6.30. The van der Waals surface area contributed by atoms with Crippen molar-refractivity contribution in [2.75, 3.05) is 11.6 Å². The summed E-state index contributed by atoms with van der Waals surface area (Å²) in [5.41, 5.74) is 0.714. The van der Waals surface area contributed by atoms with Gasteiger partial charge in [-0.2, -0.15) is 0 Å². The number of carbonyl (C=O) groups excluding carboxylic acids is 2. The average molecular weight is 375 g/mol. The molecule has 1 aromatic heterocycles. The van der Waals surface area contributed by atoms with Gasteiger partial charge in [0.2, 0.25) is 5.91 Å². The molecule has 0 bridgehead atoms. The van der Waals surface area contributed by atoms with E-state index in [1.165, 1.54) is 4.90 Å². The molecule has 4 rings (SSSR count). The number of furan rings is 1. The van der Waals surface area contributed by atoms with E-state index in [0.29, 0.717) is 23.0 Å². The molecule has 3 unspecified atom stereocenters. The number of benzene rings is 1. The maximum Gasteiger partial charge on any atom is 0.262 e. The number of amides is 2. The Balaban J connectivity index is 1.70. The number of hydroxylamine groups is 1. The summed E-state index contributed by atoms with van der Waals surface area (Å²) in [4.78, 5) is 33.0. The second-order valence-electron chi connectivity index (χ2n) is 6.50. The first-order chi connectivity index (χ1) is 12.6. The molecule has 2 aliphatic heterocycles. The zero-order valence-corrected chi connectivity index (χ0v) is 15.1. The molecule has 0 saturated carbocycles. The van der Waals surface area contributed by atoms with Crippen LogP contribution in [-0.4, -0.2) is 29.4 Å². The van der Waals surface area contributed by atoms with E-state index in [1.807, 2.05) is 6.92 Å². The summed E-state index contributed by atoms with van der Waals surface area (Å²) >= 11 is 5.97. The minimum Gasteiger partial charge on any atom is -0.467 e. The van der Waals surface area contributed by atoms with Crippen LogP contribution in [0, 0.1) is 5.92 Å². The largest absolute Gasteiger partial charge is 0.467 e. The number of anilines is 1. The van der Waals surface area contributed by atoms with Gasteiger partial charge in [-0.15, -0.1) is 0 Å². The molecule has 3 heterocycles. The zero-order chi connectivity index (χ0) is 18.3. The molecule has 2 aliphatic rings. The number of hydrogen-bond donors (Lipinski definition) is 0. The van der Waals surface area contributed by atoms with Gasteiger partial charge in [0.25, 0.3) is 5.91 Å². The Labute approximate surface area is 156 Å². The number of nitrogens with zero attached hydrogens (tertiary/aromatic N) is 2. The van der Waals surface area contributed by atoms with Crippen LogP contribution in [0.25, 0.3) is 0 Å². The third-order valence-electron chi connectivity index (χ3n) is 4.86. The lowest BCUT2D eigenvalue weighted by atomic mass is 9.94. The molecule has 0 aliphatic carbocycles. The molecule has 3 atom stereocenters. The van der Waals surface area contributed by atoms with E-state index < -0.39 is 18.1 Å². The van der Waals surface area contributed by atoms with Crippen LogP contribution in [0.1, 0.15) is 31.6 Å². The van der Waals surface area contributed by atoms with Crippen LogP contribution in [0.5, 0.6) is 0 Å². The van der Waals surface area contributed by atoms with E-state index in [-0.39, 0.29) is 11.8 Å². The third kappa shape index (κ3) is 2.70. The highest BCUT2D eigenvalue weighted by Crippen LogP contribution is 2.46. The molecule has 26 heavy (non-hydrogen) atoms. The standard InChI is InChI=1S/C19H19ClN2O4/c1-2-3-10-21-18(23)15-16(14-5-4-11-25-14)22(26-17(15)19(21)24)13-8-6-12(20)7-9-13/h4-9,11,15-17H,2-3,10H2,1H3. The first-order valence-electron chi connectivity index (χ1n) is 8.72. The minimum absolute atomic E-state index is 0.202. The summed E-state index contributed by atoms with van der Waals surface area (Å²) in [6, 6.07) is 10.1. The SMILES string of the molecule is CCCCN1C(=O)C2ON(c3ccc(Cl)cc3)C(c3ccco3)C2C1=O. The fraction of sp³-hybridized carbons (Fsp3) is 0.368. The van der Waals surface area contributed by atoms with Gasteiger partial charge < -0.3 is 4.42 Å². The number of halogens is 1. The van der Waals surface area contributed by atoms with Gasteiger partial charge in [0, 0.05) is 11.6 Å². The van der Waals surface area contributed by atoms with Crippen molar-refractivity contribution < 1.29 is 18.8 Å². The second kappa shape index (κ2) is 6.78. The Morgan fingerprint density at radius 1 is 1.12 bits per heavy atom. The third-order valence-corrected chi connectivity index (χ3v) is 5.11. The number of likely N-dealkylation sites (tertiary alicyclic amines) is 1. The minimum atomic E-state index is -0.829. The highest BCUT2D eigenvalue weighted by Gasteiger charge is 2.60. The quantitative estimate of drug-likeness (QED) is 0.748. The fourth-order valence-corrected chi connectivity index (χ4v) is 3.69. The van der Waals surface area contributed by atoms with Crippen LogP contribution < -0.4 is 5.06 Å². The van der Waals surface area contributed by atoms with E-state index in [4.69, 9.17) is 20.9 Å². The molecule has 0 radical (unpaired) electrons. The van der Waals surface area contributed by atoms with Crippen molar-refractivity contribution >= 4 is 29.1 Å². The summed E-state index contributed by atoms with van der Waals surface area (Å²) in [5.74, 6) is -0.514. The van der Waals surface area contributed by atoms with Crippen molar-refractivity contribution in [3.63, 3.8) is 0 Å². The van der Waals surface area contributed by atoms with Gasteiger partial charge in [0.05, 0.1) is 12.0 Å². The van der Waals surface area contributed by atoms with E-state index in [0.717, 1.165) is 12.8 Å². The van der Waals surface area contributed by atoms with Gasteiger partial charge in [-0.25, -0.2) is 5.06 Å². The van der Waals surface area contributed by atoms with Crippen molar-refractivity contribution in [3.8, 4) is 0 Å². The molecule has 2 amide bonds. The molecule has 0 spiro atoms. The summed E-state index contributed by atoms with van der Waals surface area (Å²) in [5, 5.41) is 2.19. The first kappa shape index (κ1) is 17.1. The molecule has 2 saturated heterocycles. The monoisotopic (exact) mass is 374 g/mol. The number of fused-ring (bicyclic) bond motifs is 1. The Bertz CT molecular complexity index is 805. The second-order valence-corrected chi connectivity index (χ2v) is 6.93. The van der Waals surface area contributed by atoms with E-state index in [1.54, 1.807) is 47.7 Å². The highest BCUT2D eigenvalue weighted by atomic mass is 35.5. The lowest BCUT2D eigenvalue weighted by Crippen LogP contribution is -2.37. The molecule has 2 aromatic rings. The molecule has 136 valence electrons. The van der Waals surface area contributed by atoms with Gasteiger partial charge in [-0.05, 0) is 42.8 Å². The number of unbranched alkanes of at least 4 members (excludes halogenated alkanes) is 1. The van der Waals surface area contributed by atoms with Gasteiger partial charge in [-0.3, -0.25) is 19.3 Å². The maximum absolute atomic E-state index is 13.0. The predicted molar refractivity (Wildman–Crippen MR) is 95.4 cm³/mol. The zero-order valence-electron chi connectivity index (χ0n) is 14.3. The van der Waals surface area contributed by atoms with Crippen LogP contribution in [-0.2, 0) is 14.4 Å². The predicted octanol–water partition coefficient (Wildman–Crippen LogP) is 3.58. The number of imide groups is 1. The normalized spacial score (nSPS) is 25.2. The summed E-state index contributed by atoms with van der Waals surface area (Å²) in [7, 11) is 0. The molecule has 0 N–H and O–H groups in total. The number of carbonyl (C=O) groups is 2. The van der Waals surface area contributed by atoms with Gasteiger partial charge >= 0.3 is 0 Å². The van der Waals surface area contributed by atoms with Crippen LogP contribution in [0.15, 0.2) is 47.1 Å². The molecule has 7 heteroatoms. The average Bonchev–Trinajstić information content (AvgIpc) is 3.33. The number of rotatable bonds is 5.